The van der Waals surface area contributed by atoms with Crippen LogP contribution in [-0.2, 0) is 4.79 Å². The van der Waals surface area contributed by atoms with E-state index in [0.717, 1.165) is 29.2 Å². The van der Waals surface area contributed by atoms with Crippen LogP contribution < -0.4 is 0 Å². The van der Waals surface area contributed by atoms with E-state index >= 15 is 0 Å². The zero-order valence-corrected chi connectivity index (χ0v) is 14.7. The van der Waals surface area contributed by atoms with Crippen molar-refractivity contribution in [3.8, 4) is 0 Å². The molecule has 3 heterocycles. The lowest BCUT2D eigenvalue weighted by molar-refractivity contribution is -0.132. The molecule has 6 heteroatoms. The van der Waals surface area contributed by atoms with Crippen molar-refractivity contribution in [2.24, 2.45) is 0 Å². The zero-order chi connectivity index (χ0) is 15.8. The van der Waals surface area contributed by atoms with Crippen LogP contribution in [0.1, 0.15) is 25.7 Å². The van der Waals surface area contributed by atoms with E-state index in [9.17, 15) is 4.79 Å². The van der Waals surface area contributed by atoms with Gasteiger partial charge in [-0.25, -0.2) is 4.98 Å². The number of aromatic nitrogens is 1. The average Bonchev–Trinajstić information content (AvgIpc) is 3.10. The Balaban J connectivity index is 1.40. The first-order chi connectivity index (χ1) is 11.2. The van der Waals surface area contributed by atoms with E-state index in [1.807, 2.05) is 36.0 Å². The Morgan fingerprint density at radius 1 is 1.30 bits per heavy atom. The third-order valence-corrected chi connectivity index (χ3v) is 6.77. The first kappa shape index (κ1) is 15.4. The summed E-state index contributed by atoms with van der Waals surface area (Å²) < 4.78 is 5.69. The summed E-state index contributed by atoms with van der Waals surface area (Å²) in [6.07, 6.45) is 6.82. The van der Waals surface area contributed by atoms with Crippen LogP contribution in [0.4, 0.5) is 0 Å². The van der Waals surface area contributed by atoms with Crippen molar-refractivity contribution in [1.82, 2.24) is 9.88 Å². The quantitative estimate of drug-likeness (QED) is 0.787. The molecule has 2 bridgehead atoms. The molecule has 2 atom stereocenters. The summed E-state index contributed by atoms with van der Waals surface area (Å²) in [6.45, 7) is 0. The molecular weight excluding hydrogens is 328 g/mol. The highest BCUT2D eigenvalue weighted by Crippen LogP contribution is 2.40. The smallest absolute Gasteiger partial charge is 0.257 e. The van der Waals surface area contributed by atoms with Crippen molar-refractivity contribution in [2.45, 2.75) is 48.2 Å². The largest absolute Gasteiger partial charge is 0.431 e. The molecule has 2 fully saturated rings. The summed E-state index contributed by atoms with van der Waals surface area (Å²) >= 11 is 3.36. The van der Waals surface area contributed by atoms with Crippen molar-refractivity contribution in [2.75, 3.05) is 12.0 Å². The minimum Gasteiger partial charge on any atom is -0.431 e. The van der Waals surface area contributed by atoms with Crippen LogP contribution in [0.25, 0.3) is 11.1 Å². The number of rotatable bonds is 4. The zero-order valence-electron chi connectivity index (χ0n) is 13.1. The molecule has 4 rings (SSSR count). The van der Waals surface area contributed by atoms with E-state index in [0.29, 0.717) is 23.1 Å². The number of hydrogen-bond donors (Lipinski definition) is 0. The van der Waals surface area contributed by atoms with Crippen LogP contribution >= 0.6 is 23.5 Å². The fourth-order valence-electron chi connectivity index (χ4n) is 3.84. The molecule has 2 unspecified atom stereocenters. The fourth-order valence-corrected chi connectivity index (χ4v) is 5.37. The van der Waals surface area contributed by atoms with Crippen molar-refractivity contribution in [1.29, 1.82) is 0 Å². The number of oxazole rings is 1. The number of thioether (sulfide) groups is 2. The maximum Gasteiger partial charge on any atom is 0.257 e. The van der Waals surface area contributed by atoms with E-state index in [1.54, 1.807) is 0 Å². The summed E-state index contributed by atoms with van der Waals surface area (Å²) in [6, 6.07) is 8.60. The van der Waals surface area contributed by atoms with Gasteiger partial charge < -0.3 is 9.32 Å². The average molecular weight is 348 g/mol. The number of amides is 1. The van der Waals surface area contributed by atoms with Gasteiger partial charge in [-0.1, -0.05) is 23.9 Å². The van der Waals surface area contributed by atoms with Crippen molar-refractivity contribution in [3.63, 3.8) is 0 Å². The molecule has 2 saturated heterocycles. The molecule has 23 heavy (non-hydrogen) atoms. The normalized spacial score (nSPS) is 26.8. The SMILES string of the molecule is CSC1CC2CCC(C1)N2C(=O)CSc1nc2ccccc2o1. The molecule has 4 nitrogen and oxygen atoms in total. The number of hydrogen-bond acceptors (Lipinski definition) is 5. The Labute approximate surface area is 144 Å². The van der Waals surface area contributed by atoms with Gasteiger partial charge in [0, 0.05) is 17.3 Å². The number of carbonyl (C=O) groups is 1. The van der Waals surface area contributed by atoms with E-state index < -0.39 is 0 Å². The van der Waals surface area contributed by atoms with Crippen LogP contribution in [0, 0.1) is 0 Å². The summed E-state index contributed by atoms with van der Waals surface area (Å²) in [4.78, 5) is 19.3. The molecular formula is C17H20N2O2S2. The topological polar surface area (TPSA) is 46.3 Å². The first-order valence-corrected chi connectivity index (χ1v) is 10.3. The minimum atomic E-state index is 0.240. The van der Waals surface area contributed by atoms with Gasteiger partial charge in [-0.2, -0.15) is 11.8 Å². The summed E-state index contributed by atoms with van der Waals surface area (Å²) in [5.74, 6) is 0.660. The van der Waals surface area contributed by atoms with Gasteiger partial charge in [0.05, 0.1) is 5.75 Å². The Hall–Kier alpha value is -1.14. The monoisotopic (exact) mass is 348 g/mol. The van der Waals surface area contributed by atoms with Gasteiger partial charge in [-0.3, -0.25) is 4.79 Å². The van der Waals surface area contributed by atoms with Crippen LogP contribution in [0.5, 0.6) is 0 Å². The van der Waals surface area contributed by atoms with Crippen molar-refractivity contribution in [3.05, 3.63) is 24.3 Å². The second kappa shape index (κ2) is 6.40. The predicted molar refractivity (Wildman–Crippen MR) is 94.9 cm³/mol. The molecule has 1 aromatic heterocycles. The highest BCUT2D eigenvalue weighted by atomic mass is 32.2. The molecule has 2 aliphatic rings. The van der Waals surface area contributed by atoms with Crippen LogP contribution in [-0.4, -0.2) is 45.1 Å². The molecule has 0 aliphatic carbocycles. The molecule has 2 aliphatic heterocycles. The molecule has 2 aromatic rings. The van der Waals surface area contributed by atoms with Crippen LogP contribution in [0.3, 0.4) is 0 Å². The molecule has 1 amide bonds. The Morgan fingerprint density at radius 2 is 2.04 bits per heavy atom. The highest BCUT2D eigenvalue weighted by Gasteiger charge is 2.42. The van der Waals surface area contributed by atoms with E-state index in [4.69, 9.17) is 4.42 Å². The minimum absolute atomic E-state index is 0.240. The van der Waals surface area contributed by atoms with E-state index in [1.165, 1.54) is 24.6 Å². The molecule has 0 radical (unpaired) electrons. The fraction of sp³-hybridized carbons (Fsp3) is 0.529. The summed E-state index contributed by atoms with van der Waals surface area (Å²) in [5.41, 5.74) is 1.63. The molecule has 0 saturated carbocycles. The van der Waals surface area contributed by atoms with Crippen LogP contribution in [0.15, 0.2) is 33.9 Å². The standard InChI is InChI=1S/C17H20N2O2S2/c1-22-13-8-11-6-7-12(9-13)19(11)16(20)10-23-17-18-14-4-2-3-5-15(14)21-17/h2-5,11-13H,6-10H2,1H3. The molecule has 0 N–H and O–H groups in total. The van der Waals surface area contributed by atoms with Gasteiger partial charge >= 0.3 is 0 Å². The maximum absolute atomic E-state index is 12.7. The lowest BCUT2D eigenvalue weighted by atomic mass is 10.0. The van der Waals surface area contributed by atoms with Crippen LogP contribution in [0.2, 0.25) is 0 Å². The second-order valence-electron chi connectivity index (χ2n) is 6.25. The number of piperidine rings is 1. The maximum atomic E-state index is 12.7. The molecule has 122 valence electrons. The first-order valence-electron chi connectivity index (χ1n) is 8.07. The lowest BCUT2D eigenvalue weighted by Gasteiger charge is -2.38. The Bertz CT molecular complexity index is 670. The number of fused-ring (bicyclic) bond motifs is 3. The lowest BCUT2D eigenvalue weighted by Crippen LogP contribution is -2.48. The van der Waals surface area contributed by atoms with Gasteiger partial charge in [0.1, 0.15) is 5.52 Å². The summed E-state index contributed by atoms with van der Waals surface area (Å²) in [5, 5.41) is 1.31. The van der Waals surface area contributed by atoms with E-state index in [-0.39, 0.29) is 5.91 Å². The Morgan fingerprint density at radius 3 is 2.74 bits per heavy atom. The summed E-state index contributed by atoms with van der Waals surface area (Å²) in [7, 11) is 0. The third-order valence-electron chi connectivity index (χ3n) is 4.90. The number of para-hydroxylation sites is 2. The van der Waals surface area contributed by atoms with Gasteiger partial charge in [-0.05, 0) is 44.1 Å². The number of benzene rings is 1. The highest BCUT2D eigenvalue weighted by molar-refractivity contribution is 7.99. The predicted octanol–water partition coefficient (Wildman–Crippen LogP) is 3.80. The number of nitrogens with zero attached hydrogens (tertiary/aromatic N) is 2. The number of carbonyl (C=O) groups excluding carboxylic acids is 1. The van der Waals surface area contributed by atoms with Gasteiger partial charge in [-0.15, -0.1) is 0 Å². The van der Waals surface area contributed by atoms with Crippen molar-refractivity contribution < 1.29 is 9.21 Å². The van der Waals surface area contributed by atoms with Crippen molar-refractivity contribution >= 4 is 40.5 Å². The Kier molecular flexibility index (Phi) is 4.28. The van der Waals surface area contributed by atoms with Gasteiger partial charge in [0.25, 0.3) is 5.22 Å². The molecule has 0 spiro atoms. The van der Waals surface area contributed by atoms with Gasteiger partial charge in [0.15, 0.2) is 5.58 Å². The van der Waals surface area contributed by atoms with E-state index in [2.05, 4.69) is 16.1 Å². The molecule has 1 aromatic carbocycles. The van der Waals surface area contributed by atoms with Gasteiger partial charge in [0.2, 0.25) is 5.91 Å². The third kappa shape index (κ3) is 2.98. The second-order valence-corrected chi connectivity index (χ2v) is 8.32.